The molecule has 0 saturated carbocycles. The van der Waals surface area contributed by atoms with E-state index in [1.807, 2.05) is 39.8 Å². The molecule has 5 heteroatoms. The first kappa shape index (κ1) is 13.4. The number of carbonyl (C=O) groups excluding carboxylic acids is 1. The van der Waals surface area contributed by atoms with Crippen LogP contribution in [0.25, 0.3) is 6.08 Å². The number of rotatable bonds is 2. The van der Waals surface area contributed by atoms with Gasteiger partial charge in [0.05, 0.1) is 11.8 Å². The number of nitrogens with zero attached hydrogens (tertiary/aromatic N) is 1. The molecule has 2 aromatic rings. The van der Waals surface area contributed by atoms with Gasteiger partial charge in [-0.05, 0) is 51.0 Å². The van der Waals surface area contributed by atoms with Gasteiger partial charge in [0.15, 0.2) is 0 Å². The molecule has 5 nitrogen and oxygen atoms in total. The van der Waals surface area contributed by atoms with Crippen LogP contribution in [0.4, 0.5) is 0 Å². The molecule has 3 heterocycles. The predicted molar refractivity (Wildman–Crippen MR) is 81.1 cm³/mol. The second-order valence-electron chi connectivity index (χ2n) is 5.36. The van der Waals surface area contributed by atoms with Crippen molar-refractivity contribution in [3.05, 3.63) is 51.7 Å². The Hall–Kier alpha value is -2.56. The highest BCUT2D eigenvalue weighted by atomic mass is 16.3. The largest absolute Gasteiger partial charge is 0.469 e. The maximum atomic E-state index is 12.1. The Morgan fingerprint density at radius 2 is 1.95 bits per heavy atom. The average molecular weight is 283 g/mol. The first-order valence-corrected chi connectivity index (χ1v) is 6.78. The van der Waals surface area contributed by atoms with Crippen LogP contribution in [0.15, 0.2) is 27.4 Å². The van der Waals surface area contributed by atoms with Crippen LogP contribution in [0, 0.1) is 27.7 Å². The molecule has 0 fully saturated rings. The number of H-pyrrole nitrogens is 1. The van der Waals surface area contributed by atoms with Crippen molar-refractivity contribution in [3.63, 3.8) is 0 Å². The van der Waals surface area contributed by atoms with E-state index in [2.05, 4.69) is 15.5 Å². The maximum Gasteiger partial charge on any atom is 0.273 e. The molecular formula is C16H17N3O2. The van der Waals surface area contributed by atoms with Crippen LogP contribution in [0.2, 0.25) is 0 Å². The van der Waals surface area contributed by atoms with Gasteiger partial charge in [0.1, 0.15) is 11.5 Å². The monoisotopic (exact) mass is 283 g/mol. The van der Waals surface area contributed by atoms with E-state index < -0.39 is 0 Å². The fraction of sp³-hybridized carbons (Fsp3) is 0.250. The molecule has 0 unspecified atom stereocenters. The van der Waals surface area contributed by atoms with Gasteiger partial charge >= 0.3 is 0 Å². The smallest absolute Gasteiger partial charge is 0.273 e. The van der Waals surface area contributed by atoms with E-state index in [0.29, 0.717) is 11.3 Å². The molecule has 0 bridgehead atoms. The number of carbonyl (C=O) groups is 1. The molecule has 3 rings (SSSR count). The molecule has 1 aliphatic rings. The molecule has 1 aliphatic heterocycles. The second-order valence-corrected chi connectivity index (χ2v) is 5.36. The van der Waals surface area contributed by atoms with E-state index in [9.17, 15) is 4.79 Å². The van der Waals surface area contributed by atoms with Crippen molar-refractivity contribution >= 4 is 17.7 Å². The highest BCUT2D eigenvalue weighted by Crippen LogP contribution is 2.24. The molecule has 21 heavy (non-hydrogen) atoms. The second kappa shape index (κ2) is 4.77. The van der Waals surface area contributed by atoms with Gasteiger partial charge in [-0.3, -0.25) is 4.79 Å². The van der Waals surface area contributed by atoms with Gasteiger partial charge in [-0.25, -0.2) is 5.43 Å². The lowest BCUT2D eigenvalue weighted by Crippen LogP contribution is -2.14. The number of amides is 1. The molecular weight excluding hydrogens is 266 g/mol. The summed E-state index contributed by atoms with van der Waals surface area (Å²) < 4.78 is 5.41. The van der Waals surface area contributed by atoms with Gasteiger partial charge in [-0.15, -0.1) is 0 Å². The van der Waals surface area contributed by atoms with E-state index in [-0.39, 0.29) is 5.91 Å². The number of nitrogens with one attached hydrogen (secondary N) is 2. The van der Waals surface area contributed by atoms with Gasteiger partial charge in [0.25, 0.3) is 5.91 Å². The molecule has 108 valence electrons. The Morgan fingerprint density at radius 3 is 2.52 bits per heavy atom. The van der Waals surface area contributed by atoms with Gasteiger partial charge in [0, 0.05) is 17.0 Å². The van der Waals surface area contributed by atoms with Crippen LogP contribution in [0.3, 0.4) is 0 Å². The summed E-state index contributed by atoms with van der Waals surface area (Å²) in [5, 5.41) is 4.17. The van der Waals surface area contributed by atoms with Crippen LogP contribution in [-0.2, 0) is 4.79 Å². The summed E-state index contributed by atoms with van der Waals surface area (Å²) in [6.45, 7) is 7.81. The summed E-state index contributed by atoms with van der Waals surface area (Å²) >= 11 is 0. The Kier molecular flexibility index (Phi) is 3.05. The Labute approximate surface area is 122 Å². The number of aromatic amines is 1. The lowest BCUT2D eigenvalue weighted by molar-refractivity contribution is -0.116. The number of hydrogen-bond acceptors (Lipinski definition) is 3. The summed E-state index contributed by atoms with van der Waals surface area (Å²) in [6.07, 6.45) is 3.52. The fourth-order valence-corrected chi connectivity index (χ4v) is 2.63. The van der Waals surface area contributed by atoms with Gasteiger partial charge < -0.3 is 9.40 Å². The molecule has 1 amide bonds. The Bertz CT molecular complexity index is 771. The van der Waals surface area contributed by atoms with E-state index in [1.165, 1.54) is 0 Å². The summed E-state index contributed by atoms with van der Waals surface area (Å²) in [7, 11) is 0. The minimum atomic E-state index is -0.198. The Balaban J connectivity index is 2.10. The molecule has 0 aromatic carbocycles. The van der Waals surface area contributed by atoms with Crippen LogP contribution in [0.5, 0.6) is 0 Å². The maximum absolute atomic E-state index is 12.1. The van der Waals surface area contributed by atoms with Crippen molar-refractivity contribution in [3.8, 4) is 0 Å². The third kappa shape index (κ3) is 2.20. The zero-order valence-electron chi connectivity index (χ0n) is 12.5. The standard InChI is InChI=1S/C16H17N3O2/c1-8-5-10(3)17-13(8)6-12-15(18-19-16(12)20)14-9(2)7-21-11(14)4/h5-7,17H,1-4H3,(H,19,20)/b12-6-. The quantitative estimate of drug-likeness (QED) is 0.832. The van der Waals surface area contributed by atoms with Crippen LogP contribution in [-0.4, -0.2) is 16.6 Å². The SMILES string of the molecule is Cc1cc(C)c(/C=C2\C(=O)NN=C2c2c(C)coc2C)[nH]1. The van der Waals surface area contributed by atoms with Crippen LogP contribution >= 0.6 is 0 Å². The molecule has 2 aromatic heterocycles. The van der Waals surface area contributed by atoms with Crippen LogP contribution in [0.1, 0.15) is 33.8 Å². The van der Waals surface area contributed by atoms with E-state index >= 15 is 0 Å². The highest BCUT2D eigenvalue weighted by molar-refractivity contribution is 6.33. The summed E-state index contributed by atoms with van der Waals surface area (Å²) in [4.78, 5) is 15.3. The third-order valence-corrected chi connectivity index (χ3v) is 3.64. The minimum absolute atomic E-state index is 0.198. The summed E-state index contributed by atoms with van der Waals surface area (Å²) in [6, 6.07) is 2.05. The van der Waals surface area contributed by atoms with E-state index in [1.54, 1.807) is 6.26 Å². The first-order valence-electron chi connectivity index (χ1n) is 6.78. The van der Waals surface area contributed by atoms with E-state index in [4.69, 9.17) is 4.42 Å². The van der Waals surface area contributed by atoms with Crippen molar-refractivity contribution in [1.82, 2.24) is 10.4 Å². The molecule has 0 aliphatic carbocycles. The van der Waals surface area contributed by atoms with Gasteiger partial charge in [-0.1, -0.05) is 0 Å². The topological polar surface area (TPSA) is 70.4 Å². The van der Waals surface area contributed by atoms with Crippen LogP contribution < -0.4 is 5.43 Å². The molecule has 0 atom stereocenters. The number of aromatic nitrogens is 1. The van der Waals surface area contributed by atoms with Crippen molar-refractivity contribution in [2.75, 3.05) is 0 Å². The Morgan fingerprint density at radius 1 is 1.19 bits per heavy atom. The van der Waals surface area contributed by atoms with Crippen molar-refractivity contribution < 1.29 is 9.21 Å². The zero-order valence-corrected chi connectivity index (χ0v) is 12.5. The molecule has 0 spiro atoms. The minimum Gasteiger partial charge on any atom is -0.469 e. The summed E-state index contributed by atoms with van der Waals surface area (Å²) in [5.74, 6) is 0.560. The lowest BCUT2D eigenvalue weighted by atomic mass is 9.99. The third-order valence-electron chi connectivity index (χ3n) is 3.64. The zero-order chi connectivity index (χ0) is 15.1. The van der Waals surface area contributed by atoms with Crippen molar-refractivity contribution in [2.24, 2.45) is 5.10 Å². The first-order chi connectivity index (χ1) is 9.97. The van der Waals surface area contributed by atoms with Gasteiger partial charge in [0.2, 0.25) is 0 Å². The normalized spacial score (nSPS) is 16.5. The lowest BCUT2D eigenvalue weighted by Gasteiger charge is -2.02. The number of aryl methyl sites for hydroxylation is 4. The van der Waals surface area contributed by atoms with E-state index in [0.717, 1.165) is 33.8 Å². The van der Waals surface area contributed by atoms with Gasteiger partial charge in [-0.2, -0.15) is 5.10 Å². The number of hydrazone groups is 1. The average Bonchev–Trinajstić information content (AvgIpc) is 3.03. The molecule has 0 saturated heterocycles. The predicted octanol–water partition coefficient (Wildman–Crippen LogP) is 2.76. The van der Waals surface area contributed by atoms with Crippen molar-refractivity contribution in [2.45, 2.75) is 27.7 Å². The number of hydrogen-bond donors (Lipinski definition) is 2. The number of furan rings is 1. The van der Waals surface area contributed by atoms with Crippen molar-refractivity contribution in [1.29, 1.82) is 0 Å². The molecule has 0 radical (unpaired) electrons. The fourth-order valence-electron chi connectivity index (χ4n) is 2.63. The molecule has 2 N–H and O–H groups in total. The highest BCUT2D eigenvalue weighted by Gasteiger charge is 2.28. The summed E-state index contributed by atoms with van der Waals surface area (Å²) in [5.41, 5.74) is 8.64.